The zero-order valence-corrected chi connectivity index (χ0v) is 11.3. The summed E-state index contributed by atoms with van der Waals surface area (Å²) in [7, 11) is 0. The molecule has 0 saturated carbocycles. The van der Waals surface area contributed by atoms with E-state index in [2.05, 4.69) is 5.32 Å². The molecule has 1 aromatic rings. The van der Waals surface area contributed by atoms with E-state index in [1.54, 1.807) is 23.2 Å². The first-order chi connectivity index (χ1) is 9.65. The molecule has 1 N–H and O–H groups in total. The van der Waals surface area contributed by atoms with Crippen LogP contribution in [0.25, 0.3) is 0 Å². The summed E-state index contributed by atoms with van der Waals surface area (Å²) in [5, 5.41) is 3.44. The van der Waals surface area contributed by atoms with Gasteiger partial charge in [0.15, 0.2) is 0 Å². The molecule has 0 aliphatic carbocycles. The van der Waals surface area contributed by atoms with Gasteiger partial charge in [0.05, 0.1) is 6.54 Å². The van der Waals surface area contributed by atoms with Crippen molar-refractivity contribution in [3.8, 4) is 0 Å². The van der Waals surface area contributed by atoms with Crippen LogP contribution in [0.2, 0.25) is 0 Å². The maximum atomic E-state index is 12.5. The standard InChI is InChI=1S/C14H19F2N3O/c15-13(16)9-18-6-2-4-12(18)14(20)19-7-10-3-1-5-17-11(10)8-19/h2,4,6,10-11,13,17H,1,3,5,7-9H2/t10-,11+/m0/s1. The Kier molecular flexibility index (Phi) is 3.74. The van der Waals surface area contributed by atoms with Crippen molar-refractivity contribution >= 4 is 5.91 Å². The minimum absolute atomic E-state index is 0.133. The van der Waals surface area contributed by atoms with E-state index in [-0.39, 0.29) is 5.91 Å². The van der Waals surface area contributed by atoms with Crippen LogP contribution in [0.4, 0.5) is 8.78 Å². The second-order valence-electron chi connectivity index (χ2n) is 5.61. The maximum Gasteiger partial charge on any atom is 0.270 e. The number of carbonyl (C=O) groups excluding carboxylic acids is 1. The number of halogens is 2. The number of amides is 1. The molecule has 2 atom stereocenters. The molecule has 3 rings (SSSR count). The number of likely N-dealkylation sites (tertiary alicyclic amines) is 1. The second-order valence-corrected chi connectivity index (χ2v) is 5.61. The van der Waals surface area contributed by atoms with Crippen molar-refractivity contribution < 1.29 is 13.6 Å². The quantitative estimate of drug-likeness (QED) is 0.914. The first-order valence-corrected chi connectivity index (χ1v) is 7.11. The Morgan fingerprint density at radius 2 is 2.30 bits per heavy atom. The number of nitrogens with zero attached hydrogens (tertiary/aromatic N) is 2. The average Bonchev–Trinajstić information content (AvgIpc) is 3.03. The molecule has 0 bridgehead atoms. The molecule has 0 aromatic carbocycles. The Hall–Kier alpha value is -1.43. The predicted octanol–water partition coefficient (Wildman–Crippen LogP) is 1.58. The molecule has 1 amide bonds. The lowest BCUT2D eigenvalue weighted by Gasteiger charge is -2.24. The van der Waals surface area contributed by atoms with E-state index in [9.17, 15) is 13.6 Å². The van der Waals surface area contributed by atoms with Crippen LogP contribution in [0, 0.1) is 5.92 Å². The zero-order valence-electron chi connectivity index (χ0n) is 11.3. The highest BCUT2D eigenvalue weighted by atomic mass is 19.3. The van der Waals surface area contributed by atoms with Gasteiger partial charge in [-0.25, -0.2) is 8.78 Å². The first-order valence-electron chi connectivity index (χ1n) is 7.11. The third kappa shape index (κ3) is 2.57. The normalized spacial score (nSPS) is 26.1. The van der Waals surface area contributed by atoms with Crippen molar-refractivity contribution in [2.45, 2.75) is 31.9 Å². The fraction of sp³-hybridized carbons (Fsp3) is 0.643. The molecule has 2 saturated heterocycles. The van der Waals surface area contributed by atoms with Gasteiger partial charge in [-0.3, -0.25) is 4.79 Å². The molecule has 0 unspecified atom stereocenters. The number of carbonyl (C=O) groups is 1. The van der Waals surface area contributed by atoms with Gasteiger partial charge in [0.25, 0.3) is 12.3 Å². The SMILES string of the molecule is O=C(c1cccn1CC(F)F)N1C[C@@H]2CCCN[C@@H]2C1. The van der Waals surface area contributed by atoms with Crippen molar-refractivity contribution in [1.29, 1.82) is 0 Å². The van der Waals surface area contributed by atoms with Crippen molar-refractivity contribution in [1.82, 2.24) is 14.8 Å². The summed E-state index contributed by atoms with van der Waals surface area (Å²) in [5.74, 6) is 0.373. The van der Waals surface area contributed by atoms with E-state index in [1.165, 1.54) is 4.57 Å². The van der Waals surface area contributed by atoms with Crippen LogP contribution in [0.15, 0.2) is 18.3 Å². The Morgan fingerprint density at radius 1 is 1.45 bits per heavy atom. The Morgan fingerprint density at radius 3 is 3.05 bits per heavy atom. The van der Waals surface area contributed by atoms with Gasteiger partial charge in [0.2, 0.25) is 0 Å². The van der Waals surface area contributed by atoms with E-state index < -0.39 is 13.0 Å². The van der Waals surface area contributed by atoms with E-state index in [4.69, 9.17) is 0 Å². The monoisotopic (exact) mass is 283 g/mol. The topological polar surface area (TPSA) is 37.3 Å². The van der Waals surface area contributed by atoms with Crippen LogP contribution in [0.1, 0.15) is 23.3 Å². The summed E-state index contributed by atoms with van der Waals surface area (Å²) >= 11 is 0. The summed E-state index contributed by atoms with van der Waals surface area (Å²) in [6, 6.07) is 3.64. The van der Waals surface area contributed by atoms with Crippen LogP contribution in [-0.2, 0) is 6.54 Å². The van der Waals surface area contributed by atoms with Gasteiger partial charge in [0, 0.05) is 25.3 Å². The number of nitrogens with one attached hydrogen (secondary N) is 1. The summed E-state index contributed by atoms with van der Waals surface area (Å²) in [5.41, 5.74) is 0.365. The molecule has 110 valence electrons. The molecule has 0 radical (unpaired) electrons. The summed E-state index contributed by atoms with van der Waals surface area (Å²) in [6.07, 6.45) is 1.38. The molecule has 0 spiro atoms. The number of rotatable bonds is 3. The lowest BCUT2D eigenvalue weighted by Crippen LogP contribution is -2.41. The predicted molar refractivity (Wildman–Crippen MR) is 70.9 cm³/mol. The number of fused-ring (bicyclic) bond motifs is 1. The van der Waals surface area contributed by atoms with Gasteiger partial charge in [0.1, 0.15) is 5.69 Å². The molecular weight excluding hydrogens is 264 g/mol. The van der Waals surface area contributed by atoms with Gasteiger partial charge in [-0.15, -0.1) is 0 Å². The summed E-state index contributed by atoms with van der Waals surface area (Å²) < 4.78 is 26.4. The van der Waals surface area contributed by atoms with Crippen molar-refractivity contribution in [2.24, 2.45) is 5.92 Å². The largest absolute Gasteiger partial charge is 0.338 e. The van der Waals surface area contributed by atoms with Crippen LogP contribution in [-0.4, -0.2) is 47.5 Å². The number of aromatic nitrogens is 1. The molecule has 3 heterocycles. The summed E-state index contributed by atoms with van der Waals surface area (Å²) in [6.45, 7) is 2.00. The van der Waals surface area contributed by atoms with E-state index in [1.807, 2.05) is 0 Å². The lowest BCUT2D eigenvalue weighted by molar-refractivity contribution is 0.0764. The maximum absolute atomic E-state index is 12.5. The summed E-state index contributed by atoms with van der Waals surface area (Å²) in [4.78, 5) is 14.3. The van der Waals surface area contributed by atoms with E-state index >= 15 is 0 Å². The third-order valence-corrected chi connectivity index (χ3v) is 4.27. The van der Waals surface area contributed by atoms with Gasteiger partial charge in [-0.05, 0) is 37.4 Å². The smallest absolute Gasteiger partial charge is 0.270 e. The van der Waals surface area contributed by atoms with Crippen LogP contribution in [0.3, 0.4) is 0 Å². The number of alkyl halides is 2. The molecule has 6 heteroatoms. The highest BCUT2D eigenvalue weighted by molar-refractivity contribution is 5.93. The zero-order chi connectivity index (χ0) is 14.1. The Labute approximate surface area is 116 Å². The van der Waals surface area contributed by atoms with Gasteiger partial charge in [-0.1, -0.05) is 0 Å². The first kappa shape index (κ1) is 13.5. The van der Waals surface area contributed by atoms with Crippen molar-refractivity contribution in [3.05, 3.63) is 24.0 Å². The van der Waals surface area contributed by atoms with E-state index in [0.29, 0.717) is 24.2 Å². The molecule has 4 nitrogen and oxygen atoms in total. The Bertz CT molecular complexity index is 475. The highest BCUT2D eigenvalue weighted by Gasteiger charge is 2.37. The number of hydrogen-bond donors (Lipinski definition) is 1. The van der Waals surface area contributed by atoms with Gasteiger partial charge in [-0.2, -0.15) is 0 Å². The molecule has 2 aliphatic heterocycles. The number of piperidine rings is 1. The fourth-order valence-electron chi connectivity index (χ4n) is 3.29. The van der Waals surface area contributed by atoms with Crippen molar-refractivity contribution in [3.63, 3.8) is 0 Å². The molecule has 2 fully saturated rings. The minimum atomic E-state index is -2.45. The fourth-order valence-corrected chi connectivity index (χ4v) is 3.29. The Balaban J connectivity index is 1.71. The van der Waals surface area contributed by atoms with Gasteiger partial charge < -0.3 is 14.8 Å². The lowest BCUT2D eigenvalue weighted by atomic mass is 9.94. The van der Waals surface area contributed by atoms with Crippen LogP contribution >= 0.6 is 0 Å². The average molecular weight is 283 g/mol. The molecule has 2 aliphatic rings. The molecular formula is C14H19F2N3O. The molecule has 1 aromatic heterocycles. The third-order valence-electron chi connectivity index (χ3n) is 4.27. The minimum Gasteiger partial charge on any atom is -0.338 e. The van der Waals surface area contributed by atoms with Crippen LogP contribution in [0.5, 0.6) is 0 Å². The highest BCUT2D eigenvalue weighted by Crippen LogP contribution is 2.26. The second kappa shape index (κ2) is 5.52. The van der Waals surface area contributed by atoms with Crippen molar-refractivity contribution in [2.75, 3.05) is 19.6 Å². The molecule has 20 heavy (non-hydrogen) atoms. The van der Waals surface area contributed by atoms with E-state index in [0.717, 1.165) is 25.9 Å². The number of hydrogen-bond acceptors (Lipinski definition) is 2. The van der Waals surface area contributed by atoms with Gasteiger partial charge >= 0.3 is 0 Å². The van der Waals surface area contributed by atoms with Crippen LogP contribution < -0.4 is 5.32 Å².